The molecule has 9 nitrogen and oxygen atoms in total. The van der Waals surface area contributed by atoms with Crippen molar-refractivity contribution in [3.05, 3.63) is 53.7 Å². The van der Waals surface area contributed by atoms with Crippen LogP contribution in [0.3, 0.4) is 0 Å². The van der Waals surface area contributed by atoms with Crippen LogP contribution in [-0.4, -0.2) is 63.3 Å². The zero-order valence-corrected chi connectivity index (χ0v) is 19.3. The number of hydrogen-bond donors (Lipinski definition) is 0. The number of carbonyl (C=O) groups excluding carboxylic acids is 2. The summed E-state index contributed by atoms with van der Waals surface area (Å²) in [6.45, 7) is 4.86. The summed E-state index contributed by atoms with van der Waals surface area (Å²) in [5, 5.41) is 4.33. The van der Waals surface area contributed by atoms with Crippen LogP contribution in [0.25, 0.3) is 17.2 Å². The molecule has 0 aliphatic carbocycles. The lowest BCUT2D eigenvalue weighted by Crippen LogP contribution is -2.40. The summed E-state index contributed by atoms with van der Waals surface area (Å²) < 4.78 is 25.7. The van der Waals surface area contributed by atoms with Crippen LogP contribution in [0.15, 0.2) is 36.7 Å². The minimum Gasteiger partial charge on any atom is -0.494 e. The van der Waals surface area contributed by atoms with Crippen LogP contribution in [0.4, 0.5) is 4.39 Å². The van der Waals surface area contributed by atoms with E-state index >= 15 is 0 Å². The van der Waals surface area contributed by atoms with E-state index in [9.17, 15) is 14.0 Å². The number of benzene rings is 1. The van der Waals surface area contributed by atoms with Gasteiger partial charge < -0.3 is 14.4 Å². The molecule has 1 saturated heterocycles. The van der Waals surface area contributed by atoms with Crippen LogP contribution in [0.1, 0.15) is 35.8 Å². The van der Waals surface area contributed by atoms with Gasteiger partial charge in [0, 0.05) is 24.8 Å². The van der Waals surface area contributed by atoms with Crippen molar-refractivity contribution in [3.63, 3.8) is 0 Å². The highest BCUT2D eigenvalue weighted by Crippen LogP contribution is 2.25. The van der Waals surface area contributed by atoms with Crippen molar-refractivity contribution in [1.29, 1.82) is 0 Å². The minimum absolute atomic E-state index is 0.149. The first-order valence-electron chi connectivity index (χ1n) is 11.1. The second kappa shape index (κ2) is 9.98. The number of aromatic nitrogens is 4. The Balaban J connectivity index is 1.52. The average molecular weight is 468 g/mol. The lowest BCUT2D eigenvalue weighted by Gasteiger charge is -2.30. The molecule has 3 aromatic rings. The van der Waals surface area contributed by atoms with Gasteiger partial charge in [-0.05, 0) is 51.0 Å². The Morgan fingerprint density at radius 3 is 2.65 bits per heavy atom. The standard InChI is InChI=1S/C24H26FN5O4/c1-4-34-23(32)16-8-11-29(12-9-16)22(31)18-14-27-30(15(18)2)24-26-10-7-20(28-24)17-5-6-21(33-3)19(25)13-17/h5-7,10,13-14,16H,4,8-9,11-12H2,1-3H3. The molecule has 0 bridgehead atoms. The summed E-state index contributed by atoms with van der Waals surface area (Å²) in [5.41, 5.74) is 2.11. The van der Waals surface area contributed by atoms with Gasteiger partial charge in [0.15, 0.2) is 11.6 Å². The first-order chi connectivity index (χ1) is 16.4. The Morgan fingerprint density at radius 1 is 1.21 bits per heavy atom. The lowest BCUT2D eigenvalue weighted by atomic mass is 9.96. The monoisotopic (exact) mass is 467 g/mol. The summed E-state index contributed by atoms with van der Waals surface area (Å²) in [6, 6.07) is 6.26. The lowest BCUT2D eigenvalue weighted by molar-refractivity contribution is -0.149. The number of nitrogens with zero attached hydrogens (tertiary/aromatic N) is 5. The first kappa shape index (κ1) is 23.3. The fourth-order valence-electron chi connectivity index (χ4n) is 4.01. The van der Waals surface area contributed by atoms with E-state index in [1.165, 1.54) is 30.1 Å². The number of ether oxygens (including phenoxy) is 2. The van der Waals surface area contributed by atoms with Crippen molar-refractivity contribution in [2.75, 3.05) is 26.8 Å². The summed E-state index contributed by atoms with van der Waals surface area (Å²) in [6.07, 6.45) is 4.20. The van der Waals surface area contributed by atoms with E-state index in [0.717, 1.165) is 0 Å². The second-order valence-electron chi connectivity index (χ2n) is 7.97. The molecule has 0 N–H and O–H groups in total. The fraction of sp³-hybridized carbons (Fsp3) is 0.375. The number of halogens is 1. The average Bonchev–Trinajstić information content (AvgIpc) is 3.25. The molecule has 0 unspecified atom stereocenters. The molecule has 1 amide bonds. The maximum Gasteiger partial charge on any atom is 0.309 e. The molecule has 10 heteroatoms. The third-order valence-electron chi connectivity index (χ3n) is 5.92. The van der Waals surface area contributed by atoms with Crippen molar-refractivity contribution in [2.45, 2.75) is 26.7 Å². The molecule has 0 saturated carbocycles. The summed E-state index contributed by atoms with van der Waals surface area (Å²) in [7, 11) is 1.41. The number of likely N-dealkylation sites (tertiary alicyclic amines) is 1. The number of esters is 1. The Bertz CT molecular complexity index is 1200. The van der Waals surface area contributed by atoms with E-state index < -0.39 is 5.82 Å². The molecule has 34 heavy (non-hydrogen) atoms. The Kier molecular flexibility index (Phi) is 6.85. The molecule has 1 aliphatic rings. The van der Waals surface area contributed by atoms with Crippen LogP contribution >= 0.6 is 0 Å². The third kappa shape index (κ3) is 4.61. The maximum atomic E-state index is 14.1. The second-order valence-corrected chi connectivity index (χ2v) is 7.97. The molecule has 1 fully saturated rings. The van der Waals surface area contributed by atoms with E-state index in [-0.39, 0.29) is 29.5 Å². The Labute approximate surface area is 196 Å². The first-order valence-corrected chi connectivity index (χ1v) is 11.1. The summed E-state index contributed by atoms with van der Waals surface area (Å²) in [4.78, 5) is 35.6. The van der Waals surface area contributed by atoms with E-state index in [4.69, 9.17) is 9.47 Å². The highest BCUT2D eigenvalue weighted by Gasteiger charge is 2.30. The molecular formula is C24H26FN5O4. The summed E-state index contributed by atoms with van der Waals surface area (Å²) in [5.74, 6) is -0.602. The summed E-state index contributed by atoms with van der Waals surface area (Å²) >= 11 is 0. The van der Waals surface area contributed by atoms with E-state index in [2.05, 4.69) is 15.1 Å². The van der Waals surface area contributed by atoms with E-state index in [1.54, 1.807) is 37.1 Å². The van der Waals surface area contributed by atoms with Crippen molar-refractivity contribution < 1.29 is 23.5 Å². The molecule has 0 radical (unpaired) electrons. The number of rotatable bonds is 6. The highest BCUT2D eigenvalue weighted by atomic mass is 19.1. The van der Waals surface area contributed by atoms with Crippen molar-refractivity contribution >= 4 is 11.9 Å². The molecule has 178 valence electrons. The molecule has 4 rings (SSSR count). The fourth-order valence-corrected chi connectivity index (χ4v) is 4.01. The molecule has 0 spiro atoms. The van der Waals surface area contributed by atoms with Gasteiger partial charge in [-0.15, -0.1) is 0 Å². The van der Waals surface area contributed by atoms with E-state index in [0.29, 0.717) is 55.1 Å². The molecule has 1 aromatic carbocycles. The predicted octanol–water partition coefficient (Wildman–Crippen LogP) is 3.20. The van der Waals surface area contributed by atoms with Gasteiger partial charge >= 0.3 is 5.97 Å². The topological polar surface area (TPSA) is 99.4 Å². The Morgan fingerprint density at radius 2 is 1.97 bits per heavy atom. The van der Waals surface area contributed by atoms with Crippen LogP contribution in [0.2, 0.25) is 0 Å². The maximum absolute atomic E-state index is 14.1. The van der Waals surface area contributed by atoms with Crippen molar-refractivity contribution in [3.8, 4) is 23.0 Å². The van der Waals surface area contributed by atoms with Crippen LogP contribution in [-0.2, 0) is 9.53 Å². The highest BCUT2D eigenvalue weighted by molar-refractivity contribution is 5.95. The quantitative estimate of drug-likeness (QED) is 0.513. The molecular weight excluding hydrogens is 441 g/mol. The number of carbonyl (C=O) groups is 2. The number of piperidine rings is 1. The van der Waals surface area contributed by atoms with E-state index in [1.807, 2.05) is 0 Å². The molecule has 0 atom stereocenters. The largest absolute Gasteiger partial charge is 0.494 e. The van der Waals surface area contributed by atoms with Gasteiger partial charge in [-0.3, -0.25) is 9.59 Å². The Hall–Kier alpha value is -3.82. The zero-order valence-electron chi connectivity index (χ0n) is 19.3. The number of methoxy groups -OCH3 is 1. The van der Waals surface area contributed by atoms with Gasteiger partial charge in [-0.25, -0.2) is 19.0 Å². The molecule has 2 aromatic heterocycles. The van der Waals surface area contributed by atoms with Gasteiger partial charge in [0.2, 0.25) is 0 Å². The van der Waals surface area contributed by atoms with Gasteiger partial charge in [-0.2, -0.15) is 5.10 Å². The number of amides is 1. The molecule has 1 aliphatic heterocycles. The van der Waals surface area contributed by atoms with Gasteiger partial charge in [-0.1, -0.05) is 0 Å². The zero-order chi connectivity index (χ0) is 24.2. The van der Waals surface area contributed by atoms with Gasteiger partial charge in [0.1, 0.15) is 0 Å². The normalized spacial score (nSPS) is 14.2. The van der Waals surface area contributed by atoms with Crippen molar-refractivity contribution in [2.24, 2.45) is 5.92 Å². The smallest absolute Gasteiger partial charge is 0.309 e. The number of hydrogen-bond acceptors (Lipinski definition) is 7. The van der Waals surface area contributed by atoms with Crippen LogP contribution in [0, 0.1) is 18.7 Å². The van der Waals surface area contributed by atoms with Gasteiger partial charge in [0.25, 0.3) is 11.9 Å². The van der Waals surface area contributed by atoms with Crippen LogP contribution in [0.5, 0.6) is 5.75 Å². The van der Waals surface area contributed by atoms with Gasteiger partial charge in [0.05, 0.1) is 42.8 Å². The third-order valence-corrected chi connectivity index (χ3v) is 5.92. The SMILES string of the molecule is CCOC(=O)C1CCN(C(=O)c2cnn(-c3nccc(-c4ccc(OC)c(F)c4)n3)c2C)CC1. The molecule has 3 heterocycles. The van der Waals surface area contributed by atoms with Crippen LogP contribution < -0.4 is 4.74 Å². The predicted molar refractivity (Wildman–Crippen MR) is 121 cm³/mol. The van der Waals surface area contributed by atoms with Crippen molar-refractivity contribution in [1.82, 2.24) is 24.6 Å². The minimum atomic E-state index is -0.491.